The lowest BCUT2D eigenvalue weighted by molar-refractivity contribution is -0.163. The highest BCUT2D eigenvalue weighted by molar-refractivity contribution is 7.89. The maximum atomic E-state index is 13.0. The number of carbonyl (C=O) groups is 1. The Morgan fingerprint density at radius 2 is 1.70 bits per heavy atom. The average molecular weight is 379 g/mol. The first-order valence-electron chi connectivity index (χ1n) is 7.26. The molecule has 0 amide bonds. The maximum Gasteiger partial charge on any atom is 0.340 e. The van der Waals surface area contributed by atoms with Gasteiger partial charge in [0.2, 0.25) is 10.0 Å². The topological polar surface area (TPSA) is 77.9 Å². The van der Waals surface area contributed by atoms with E-state index < -0.39 is 21.7 Å². The lowest BCUT2D eigenvalue weighted by atomic mass is 10.0. The predicted molar refractivity (Wildman–Crippen MR) is 86.1 cm³/mol. The Kier molecular flexibility index (Phi) is 4.35. The maximum absolute atomic E-state index is 13.0. The van der Waals surface area contributed by atoms with Crippen LogP contribution in [0.2, 0.25) is 10.0 Å². The summed E-state index contributed by atoms with van der Waals surface area (Å²) in [5, 5.41) is 10.2. The van der Waals surface area contributed by atoms with Crippen LogP contribution in [-0.2, 0) is 14.8 Å². The summed E-state index contributed by atoms with van der Waals surface area (Å²) < 4.78 is 27.1. The molecule has 1 N–H and O–H groups in total. The van der Waals surface area contributed by atoms with Crippen molar-refractivity contribution in [1.29, 1.82) is 0 Å². The van der Waals surface area contributed by atoms with Crippen LogP contribution in [0.4, 0.5) is 0 Å². The largest absolute Gasteiger partial charge is 0.479 e. The first-order valence-corrected chi connectivity index (χ1v) is 9.45. The monoisotopic (exact) mass is 378 g/mol. The smallest absolute Gasteiger partial charge is 0.340 e. The molecule has 2 heterocycles. The molecule has 6 nitrogen and oxygen atoms in total. The molecule has 0 bridgehead atoms. The molecule has 2 aliphatic heterocycles. The summed E-state index contributed by atoms with van der Waals surface area (Å²) in [6.45, 7) is 1.32. The first kappa shape index (κ1) is 17.0. The van der Waals surface area contributed by atoms with Crippen molar-refractivity contribution in [3.63, 3.8) is 0 Å². The lowest BCUT2D eigenvalue weighted by Crippen LogP contribution is -2.67. The quantitative estimate of drug-likeness (QED) is 0.869. The zero-order valence-electron chi connectivity index (χ0n) is 12.2. The zero-order valence-corrected chi connectivity index (χ0v) is 14.5. The number of hydrogen-bond donors (Lipinski definition) is 1. The lowest BCUT2D eigenvalue weighted by Gasteiger charge is -2.47. The molecule has 1 unspecified atom stereocenters. The van der Waals surface area contributed by atoms with Gasteiger partial charge in [-0.25, -0.2) is 13.2 Å². The molecule has 2 saturated heterocycles. The minimum atomic E-state index is -4.02. The summed E-state index contributed by atoms with van der Waals surface area (Å²) in [5.41, 5.74) is -1.51. The van der Waals surface area contributed by atoms with Crippen molar-refractivity contribution < 1.29 is 18.3 Å². The van der Waals surface area contributed by atoms with Gasteiger partial charge in [0.15, 0.2) is 5.66 Å². The third kappa shape index (κ3) is 2.64. The SMILES string of the molecule is O=C(O)C1(N2CCC2)CCCN1S(=O)(=O)c1cc(Cl)cc(Cl)c1. The molecule has 2 aliphatic rings. The van der Waals surface area contributed by atoms with E-state index in [2.05, 4.69) is 0 Å². The highest BCUT2D eigenvalue weighted by Gasteiger charge is 2.58. The van der Waals surface area contributed by atoms with Crippen molar-refractivity contribution in [1.82, 2.24) is 9.21 Å². The van der Waals surface area contributed by atoms with Gasteiger partial charge in [-0.2, -0.15) is 4.31 Å². The molecule has 1 aromatic rings. The molecular weight excluding hydrogens is 363 g/mol. The molecule has 0 spiro atoms. The fraction of sp³-hybridized carbons (Fsp3) is 0.500. The van der Waals surface area contributed by atoms with Gasteiger partial charge in [-0.15, -0.1) is 0 Å². The second kappa shape index (κ2) is 5.89. The summed E-state index contributed by atoms with van der Waals surface area (Å²) >= 11 is 11.8. The summed E-state index contributed by atoms with van der Waals surface area (Å²) in [6, 6.07) is 4.03. The van der Waals surface area contributed by atoms with Gasteiger partial charge in [0.25, 0.3) is 0 Å². The summed E-state index contributed by atoms with van der Waals surface area (Å²) in [7, 11) is -4.02. The van der Waals surface area contributed by atoms with E-state index in [0.29, 0.717) is 19.5 Å². The molecule has 0 aromatic heterocycles. The number of hydrogen-bond acceptors (Lipinski definition) is 4. The van der Waals surface area contributed by atoms with E-state index in [0.717, 1.165) is 10.7 Å². The minimum absolute atomic E-state index is 0.0805. The Balaban J connectivity index is 2.09. The summed E-state index contributed by atoms with van der Waals surface area (Å²) in [5.74, 6) is -1.13. The van der Waals surface area contributed by atoms with Gasteiger partial charge in [-0.1, -0.05) is 23.2 Å². The second-order valence-electron chi connectivity index (χ2n) is 5.75. The van der Waals surface area contributed by atoms with Crippen molar-refractivity contribution in [2.75, 3.05) is 19.6 Å². The van der Waals surface area contributed by atoms with E-state index in [1.165, 1.54) is 18.2 Å². The number of benzene rings is 1. The van der Waals surface area contributed by atoms with Crippen LogP contribution in [0.5, 0.6) is 0 Å². The molecule has 9 heteroatoms. The van der Waals surface area contributed by atoms with E-state index in [1.807, 2.05) is 0 Å². The Bertz CT molecular complexity index is 731. The molecule has 23 heavy (non-hydrogen) atoms. The van der Waals surface area contributed by atoms with Crippen molar-refractivity contribution in [2.24, 2.45) is 0 Å². The second-order valence-corrected chi connectivity index (χ2v) is 8.48. The van der Waals surface area contributed by atoms with Crippen LogP contribution in [0, 0.1) is 0 Å². The van der Waals surface area contributed by atoms with E-state index in [-0.39, 0.29) is 27.9 Å². The molecule has 3 rings (SSSR count). The minimum Gasteiger partial charge on any atom is -0.479 e. The Morgan fingerprint density at radius 3 is 2.17 bits per heavy atom. The average Bonchev–Trinajstić information content (AvgIpc) is 2.81. The first-order chi connectivity index (χ1) is 10.8. The number of nitrogens with zero attached hydrogens (tertiary/aromatic N) is 2. The van der Waals surface area contributed by atoms with Crippen molar-refractivity contribution in [3.05, 3.63) is 28.2 Å². The summed E-state index contributed by atoms with van der Waals surface area (Å²) in [4.78, 5) is 13.6. The van der Waals surface area contributed by atoms with Gasteiger partial charge in [0.05, 0.1) is 4.90 Å². The number of rotatable bonds is 4. The number of aliphatic carboxylic acids is 1. The van der Waals surface area contributed by atoms with E-state index in [9.17, 15) is 18.3 Å². The van der Waals surface area contributed by atoms with Gasteiger partial charge in [-0.05, 0) is 37.5 Å². The number of sulfonamides is 1. The van der Waals surface area contributed by atoms with Crippen LogP contribution >= 0.6 is 23.2 Å². The van der Waals surface area contributed by atoms with Crippen LogP contribution in [0.15, 0.2) is 23.1 Å². The Morgan fingerprint density at radius 1 is 1.09 bits per heavy atom. The Hall–Kier alpha value is -0.860. The number of carboxylic acids is 1. The number of likely N-dealkylation sites (tertiary alicyclic amines) is 1. The molecule has 1 atom stereocenters. The third-order valence-corrected chi connectivity index (χ3v) is 6.78. The van der Waals surface area contributed by atoms with Crippen LogP contribution in [0.1, 0.15) is 19.3 Å². The molecule has 2 fully saturated rings. The van der Waals surface area contributed by atoms with Gasteiger partial charge < -0.3 is 5.11 Å². The standard InChI is InChI=1S/C14H16Cl2N2O4S/c15-10-7-11(16)9-12(8-10)23(21,22)18-6-1-3-14(18,13(19)20)17-4-2-5-17/h7-9H,1-6H2,(H,19,20). The highest BCUT2D eigenvalue weighted by atomic mass is 35.5. The van der Waals surface area contributed by atoms with Gasteiger partial charge >= 0.3 is 5.97 Å². The predicted octanol–water partition coefficient (Wildman–Crippen LogP) is 2.26. The van der Waals surface area contributed by atoms with Crippen LogP contribution < -0.4 is 0 Å². The van der Waals surface area contributed by atoms with Gasteiger partial charge in [0.1, 0.15) is 0 Å². The third-order valence-electron chi connectivity index (χ3n) is 4.44. The fourth-order valence-corrected chi connectivity index (χ4v) is 5.77. The normalized spacial score (nSPS) is 26.2. The van der Waals surface area contributed by atoms with Gasteiger partial charge in [-0.3, -0.25) is 4.90 Å². The van der Waals surface area contributed by atoms with E-state index in [4.69, 9.17) is 23.2 Å². The molecule has 0 aliphatic carbocycles. The van der Waals surface area contributed by atoms with Crippen molar-refractivity contribution in [2.45, 2.75) is 29.8 Å². The van der Waals surface area contributed by atoms with Crippen molar-refractivity contribution >= 4 is 39.2 Å². The zero-order chi connectivity index (χ0) is 16.8. The number of carboxylic acid groups (broad SMARTS) is 1. The van der Waals surface area contributed by atoms with E-state index >= 15 is 0 Å². The molecule has 0 radical (unpaired) electrons. The molecular formula is C14H16Cl2N2O4S. The van der Waals surface area contributed by atoms with Crippen molar-refractivity contribution in [3.8, 4) is 0 Å². The fourth-order valence-electron chi connectivity index (χ4n) is 3.25. The van der Waals surface area contributed by atoms with Crippen LogP contribution in [-0.4, -0.2) is 54.0 Å². The molecule has 1 aromatic carbocycles. The van der Waals surface area contributed by atoms with E-state index in [1.54, 1.807) is 4.90 Å². The molecule has 126 valence electrons. The van der Waals surface area contributed by atoms with Gasteiger partial charge in [0, 0.05) is 29.7 Å². The number of halogens is 2. The summed E-state index contributed by atoms with van der Waals surface area (Å²) in [6.07, 6.45) is 1.64. The molecule has 0 saturated carbocycles. The van der Waals surface area contributed by atoms with Crippen LogP contribution in [0.3, 0.4) is 0 Å². The highest BCUT2D eigenvalue weighted by Crippen LogP contribution is 2.40. The van der Waals surface area contributed by atoms with Crippen LogP contribution in [0.25, 0.3) is 0 Å². The Labute approximate surface area is 144 Å².